The van der Waals surface area contributed by atoms with Crippen molar-refractivity contribution in [3.05, 3.63) is 28.2 Å². The molecule has 0 heterocycles. The molecule has 0 amide bonds. The minimum atomic E-state index is -4.33. The summed E-state index contributed by atoms with van der Waals surface area (Å²) in [6.07, 6.45) is -4.33. The van der Waals surface area contributed by atoms with Crippen LogP contribution < -0.4 is 5.32 Å². The summed E-state index contributed by atoms with van der Waals surface area (Å²) in [6, 6.07) is 3.54. The first-order valence-corrected chi connectivity index (χ1v) is 6.77. The van der Waals surface area contributed by atoms with Crippen LogP contribution in [0.4, 0.5) is 18.9 Å². The van der Waals surface area contributed by atoms with E-state index in [0.29, 0.717) is 16.0 Å². The maximum atomic E-state index is 12.5. The van der Waals surface area contributed by atoms with E-state index >= 15 is 0 Å². The molecule has 0 radical (unpaired) electrons. The Morgan fingerprint density at radius 2 is 1.94 bits per heavy atom. The van der Waals surface area contributed by atoms with Gasteiger partial charge in [-0.05, 0) is 40.0 Å². The van der Waals surface area contributed by atoms with Crippen molar-refractivity contribution in [1.82, 2.24) is 0 Å². The summed E-state index contributed by atoms with van der Waals surface area (Å²) in [4.78, 5) is 0. The molecule has 1 aromatic rings. The summed E-state index contributed by atoms with van der Waals surface area (Å²) in [6.45, 7) is 4.00. The summed E-state index contributed by atoms with van der Waals surface area (Å²) in [5.41, 5.74) is -0.0609. The Bertz CT molecular complexity index is 407. The summed E-state index contributed by atoms with van der Waals surface area (Å²) in [5.74, 6) is 0.683. The molecule has 18 heavy (non-hydrogen) atoms. The van der Waals surface area contributed by atoms with Gasteiger partial charge in [0.25, 0.3) is 0 Å². The minimum Gasteiger partial charge on any atom is -0.380 e. The van der Waals surface area contributed by atoms with Gasteiger partial charge in [0.05, 0.1) is 5.56 Å². The number of halogens is 5. The van der Waals surface area contributed by atoms with Crippen molar-refractivity contribution in [2.45, 2.75) is 26.1 Å². The number of hydrogen-bond donors (Lipinski definition) is 1. The molecule has 0 aliphatic carbocycles. The van der Waals surface area contributed by atoms with Gasteiger partial charge in [-0.1, -0.05) is 13.8 Å². The zero-order valence-electron chi connectivity index (χ0n) is 9.98. The Morgan fingerprint density at radius 1 is 1.33 bits per heavy atom. The van der Waals surface area contributed by atoms with Gasteiger partial charge in [-0.25, -0.2) is 0 Å². The molecule has 0 saturated heterocycles. The normalized spacial score (nSPS) is 13.8. The monoisotopic (exact) mass is 343 g/mol. The van der Waals surface area contributed by atoms with Crippen molar-refractivity contribution in [3.8, 4) is 0 Å². The van der Waals surface area contributed by atoms with Crippen molar-refractivity contribution in [2.75, 3.05) is 11.2 Å². The van der Waals surface area contributed by atoms with Crippen molar-refractivity contribution < 1.29 is 13.2 Å². The standard InChI is InChI=1S/C12H14BrClF3N/c1-7(2)11(6-14)18-10-4-3-8(5-9(10)13)12(15,16)17/h3-5,7,11,18H,6H2,1-2H3. The molecule has 0 fully saturated rings. The van der Waals surface area contributed by atoms with Gasteiger partial charge in [0, 0.05) is 22.1 Å². The van der Waals surface area contributed by atoms with Crippen LogP contribution in [0.15, 0.2) is 22.7 Å². The van der Waals surface area contributed by atoms with E-state index in [1.807, 2.05) is 13.8 Å². The number of benzene rings is 1. The van der Waals surface area contributed by atoms with Crippen LogP contribution >= 0.6 is 27.5 Å². The second kappa shape index (κ2) is 6.15. The van der Waals surface area contributed by atoms with Gasteiger partial charge in [-0.15, -0.1) is 11.6 Å². The molecular weight excluding hydrogens is 330 g/mol. The smallest absolute Gasteiger partial charge is 0.380 e. The maximum Gasteiger partial charge on any atom is 0.416 e. The summed E-state index contributed by atoms with van der Waals surface area (Å²) in [7, 11) is 0. The number of hydrogen-bond acceptors (Lipinski definition) is 1. The highest BCUT2D eigenvalue weighted by molar-refractivity contribution is 9.10. The fraction of sp³-hybridized carbons (Fsp3) is 0.500. The summed E-state index contributed by atoms with van der Waals surface area (Å²) in [5, 5.41) is 3.13. The second-order valence-electron chi connectivity index (χ2n) is 4.34. The summed E-state index contributed by atoms with van der Waals surface area (Å²) >= 11 is 8.95. The molecule has 1 atom stereocenters. The zero-order chi connectivity index (χ0) is 13.9. The van der Waals surface area contributed by atoms with E-state index in [0.717, 1.165) is 12.1 Å². The number of rotatable bonds is 4. The molecule has 0 aliphatic rings. The van der Waals surface area contributed by atoms with E-state index < -0.39 is 11.7 Å². The third-order valence-electron chi connectivity index (χ3n) is 2.61. The highest BCUT2D eigenvalue weighted by atomic mass is 79.9. The zero-order valence-corrected chi connectivity index (χ0v) is 12.3. The van der Waals surface area contributed by atoms with Gasteiger partial charge in [-0.3, -0.25) is 0 Å². The van der Waals surface area contributed by atoms with Gasteiger partial charge in [0.1, 0.15) is 0 Å². The van der Waals surface area contributed by atoms with E-state index in [1.54, 1.807) is 0 Å². The minimum absolute atomic E-state index is 0.0136. The average molecular weight is 345 g/mol. The topological polar surface area (TPSA) is 12.0 Å². The molecule has 6 heteroatoms. The first-order chi connectivity index (χ1) is 8.25. The van der Waals surface area contributed by atoms with Crippen LogP contribution in [-0.4, -0.2) is 11.9 Å². The first-order valence-electron chi connectivity index (χ1n) is 5.45. The van der Waals surface area contributed by atoms with Crippen molar-refractivity contribution in [2.24, 2.45) is 5.92 Å². The Labute approximate surface area is 118 Å². The second-order valence-corrected chi connectivity index (χ2v) is 5.50. The van der Waals surface area contributed by atoms with E-state index in [1.165, 1.54) is 6.07 Å². The van der Waals surface area contributed by atoms with Crippen molar-refractivity contribution >= 4 is 33.2 Å². The van der Waals surface area contributed by atoms with Crippen LogP contribution in [0.1, 0.15) is 19.4 Å². The van der Waals surface area contributed by atoms with Crippen LogP contribution in [0.25, 0.3) is 0 Å². The molecule has 1 N–H and O–H groups in total. The molecule has 102 valence electrons. The predicted octanol–water partition coefficient (Wildman–Crippen LogP) is 5.14. The van der Waals surface area contributed by atoms with Crippen LogP contribution in [-0.2, 0) is 6.18 Å². The lowest BCUT2D eigenvalue weighted by molar-refractivity contribution is -0.137. The van der Waals surface area contributed by atoms with Crippen molar-refractivity contribution in [1.29, 1.82) is 0 Å². The Hall–Kier alpha value is -0.420. The highest BCUT2D eigenvalue weighted by Crippen LogP contribution is 2.34. The number of anilines is 1. The number of alkyl halides is 4. The van der Waals surface area contributed by atoms with Crippen LogP contribution in [0, 0.1) is 5.92 Å². The molecule has 0 bridgehead atoms. The SMILES string of the molecule is CC(C)C(CCl)Nc1ccc(C(F)(F)F)cc1Br. The lowest BCUT2D eigenvalue weighted by Gasteiger charge is -2.22. The molecule has 1 aromatic carbocycles. The Kier molecular flexibility index (Phi) is 5.34. The molecule has 0 aliphatic heterocycles. The molecule has 0 aromatic heterocycles. The fourth-order valence-electron chi connectivity index (χ4n) is 1.39. The van der Waals surface area contributed by atoms with E-state index in [9.17, 15) is 13.2 Å². The van der Waals surface area contributed by atoms with Gasteiger partial charge in [0.2, 0.25) is 0 Å². The molecule has 1 unspecified atom stereocenters. The van der Waals surface area contributed by atoms with Crippen LogP contribution in [0.5, 0.6) is 0 Å². The van der Waals surface area contributed by atoms with Crippen LogP contribution in [0.3, 0.4) is 0 Å². The Morgan fingerprint density at radius 3 is 2.33 bits per heavy atom. The average Bonchev–Trinajstić information content (AvgIpc) is 2.25. The molecule has 1 rings (SSSR count). The van der Waals surface area contributed by atoms with Gasteiger partial charge in [-0.2, -0.15) is 13.2 Å². The van der Waals surface area contributed by atoms with Crippen LogP contribution in [0.2, 0.25) is 0 Å². The molecule has 0 spiro atoms. The summed E-state index contributed by atoms with van der Waals surface area (Å²) < 4.78 is 37.9. The third kappa shape index (κ3) is 4.05. The Balaban J connectivity index is 2.93. The maximum absolute atomic E-state index is 12.5. The van der Waals surface area contributed by atoms with Gasteiger partial charge in [0.15, 0.2) is 0 Å². The molecule has 1 nitrogen and oxygen atoms in total. The number of nitrogens with one attached hydrogen (secondary N) is 1. The van der Waals surface area contributed by atoms with E-state index in [4.69, 9.17) is 11.6 Å². The van der Waals surface area contributed by atoms with Crippen molar-refractivity contribution in [3.63, 3.8) is 0 Å². The molecular formula is C12H14BrClF3N. The lowest BCUT2D eigenvalue weighted by Crippen LogP contribution is -2.27. The molecule has 0 saturated carbocycles. The van der Waals surface area contributed by atoms with Gasteiger partial charge >= 0.3 is 6.18 Å². The van der Waals surface area contributed by atoms with E-state index in [-0.39, 0.29) is 12.0 Å². The largest absolute Gasteiger partial charge is 0.416 e. The predicted molar refractivity (Wildman–Crippen MR) is 72.1 cm³/mol. The highest BCUT2D eigenvalue weighted by Gasteiger charge is 2.30. The lowest BCUT2D eigenvalue weighted by atomic mass is 10.1. The first kappa shape index (κ1) is 15.6. The van der Waals surface area contributed by atoms with Gasteiger partial charge < -0.3 is 5.32 Å². The third-order valence-corrected chi connectivity index (χ3v) is 3.60. The quantitative estimate of drug-likeness (QED) is 0.745. The fourth-order valence-corrected chi connectivity index (χ4v) is 2.32. The van der Waals surface area contributed by atoms with E-state index in [2.05, 4.69) is 21.2 Å².